The van der Waals surface area contributed by atoms with Gasteiger partial charge < -0.3 is 21.7 Å². The molecular formula is C8H20N4O. The Morgan fingerprint density at radius 3 is 2.54 bits per heavy atom. The monoisotopic (exact) mass is 188 g/mol. The molecule has 0 aliphatic carbocycles. The highest BCUT2D eigenvalue weighted by atomic mass is 16.1. The van der Waals surface area contributed by atoms with Crippen molar-refractivity contribution in [3.8, 4) is 0 Å². The van der Waals surface area contributed by atoms with Crippen LogP contribution in [-0.4, -0.2) is 50.6 Å². The fourth-order valence-electron chi connectivity index (χ4n) is 0.974. The predicted octanol–water partition coefficient (Wildman–Crippen LogP) is -1.66. The van der Waals surface area contributed by atoms with E-state index in [9.17, 15) is 4.79 Å². The van der Waals surface area contributed by atoms with Gasteiger partial charge in [-0.25, -0.2) is 0 Å². The number of hydrogen-bond donors (Lipinski definition) is 3. The summed E-state index contributed by atoms with van der Waals surface area (Å²) in [5.41, 5.74) is 10.5. The molecule has 0 aromatic heterocycles. The van der Waals surface area contributed by atoms with Gasteiger partial charge in [-0.05, 0) is 14.1 Å². The topological polar surface area (TPSA) is 84.4 Å². The summed E-state index contributed by atoms with van der Waals surface area (Å²) in [4.78, 5) is 12.6. The lowest BCUT2D eigenvalue weighted by atomic mass is 10.2. The Kier molecular flexibility index (Phi) is 6.48. The summed E-state index contributed by atoms with van der Waals surface area (Å²) >= 11 is 0. The molecule has 0 radical (unpaired) electrons. The first-order valence-electron chi connectivity index (χ1n) is 4.42. The maximum absolute atomic E-state index is 10.6. The van der Waals surface area contributed by atoms with Gasteiger partial charge in [-0.2, -0.15) is 0 Å². The van der Waals surface area contributed by atoms with E-state index in [0.29, 0.717) is 13.0 Å². The number of carbonyl (C=O) groups excluding carboxylic acids is 1. The van der Waals surface area contributed by atoms with Gasteiger partial charge >= 0.3 is 0 Å². The zero-order valence-electron chi connectivity index (χ0n) is 8.42. The number of primary amides is 1. The fourth-order valence-corrected chi connectivity index (χ4v) is 0.974. The van der Waals surface area contributed by atoms with Gasteiger partial charge in [0, 0.05) is 32.1 Å². The largest absolute Gasteiger partial charge is 0.370 e. The van der Waals surface area contributed by atoms with E-state index in [-0.39, 0.29) is 11.9 Å². The summed E-state index contributed by atoms with van der Waals surface area (Å²) in [5, 5.41) is 3.16. The van der Waals surface area contributed by atoms with Gasteiger partial charge in [-0.15, -0.1) is 0 Å². The number of hydrogen-bond acceptors (Lipinski definition) is 4. The van der Waals surface area contributed by atoms with Crippen LogP contribution in [0.2, 0.25) is 0 Å². The standard InChI is InChI=1S/C8H20N4O/c1-12(2)4-3-11-7(6-9)5-8(10)13/h7,11H,3-6,9H2,1-2H3,(H2,10,13). The minimum Gasteiger partial charge on any atom is -0.370 e. The van der Waals surface area contributed by atoms with Crippen LogP contribution in [0.4, 0.5) is 0 Å². The molecule has 5 heteroatoms. The minimum absolute atomic E-state index is 0.0115. The van der Waals surface area contributed by atoms with Crippen molar-refractivity contribution in [2.45, 2.75) is 12.5 Å². The highest BCUT2D eigenvalue weighted by Gasteiger charge is 2.08. The predicted molar refractivity (Wildman–Crippen MR) is 53.2 cm³/mol. The smallest absolute Gasteiger partial charge is 0.219 e. The number of amides is 1. The zero-order valence-corrected chi connectivity index (χ0v) is 8.42. The lowest BCUT2D eigenvalue weighted by Crippen LogP contribution is -2.42. The molecule has 0 bridgehead atoms. The molecule has 78 valence electrons. The molecule has 0 saturated heterocycles. The number of nitrogens with two attached hydrogens (primary N) is 2. The number of carbonyl (C=O) groups is 1. The van der Waals surface area contributed by atoms with Gasteiger partial charge in [0.15, 0.2) is 0 Å². The number of nitrogens with one attached hydrogen (secondary N) is 1. The third-order valence-corrected chi connectivity index (χ3v) is 1.72. The van der Waals surface area contributed by atoms with E-state index in [1.807, 2.05) is 14.1 Å². The van der Waals surface area contributed by atoms with Crippen LogP contribution in [0, 0.1) is 0 Å². The molecule has 1 amide bonds. The summed E-state index contributed by atoms with van der Waals surface area (Å²) in [6, 6.07) is 0.0115. The van der Waals surface area contributed by atoms with E-state index in [0.717, 1.165) is 13.1 Å². The van der Waals surface area contributed by atoms with Crippen LogP contribution in [0.1, 0.15) is 6.42 Å². The molecule has 0 fully saturated rings. The van der Waals surface area contributed by atoms with Crippen LogP contribution in [-0.2, 0) is 4.79 Å². The second-order valence-corrected chi connectivity index (χ2v) is 3.36. The Bertz CT molecular complexity index is 149. The van der Waals surface area contributed by atoms with Crippen molar-refractivity contribution >= 4 is 5.91 Å². The van der Waals surface area contributed by atoms with Crippen molar-refractivity contribution in [2.75, 3.05) is 33.7 Å². The maximum Gasteiger partial charge on any atom is 0.219 e. The normalized spacial score (nSPS) is 13.2. The molecular weight excluding hydrogens is 168 g/mol. The third-order valence-electron chi connectivity index (χ3n) is 1.72. The highest BCUT2D eigenvalue weighted by molar-refractivity contribution is 5.74. The van der Waals surface area contributed by atoms with Crippen molar-refractivity contribution in [2.24, 2.45) is 11.5 Å². The summed E-state index contributed by atoms with van der Waals surface area (Å²) < 4.78 is 0. The Morgan fingerprint density at radius 2 is 2.15 bits per heavy atom. The van der Waals surface area contributed by atoms with Crippen LogP contribution in [0.25, 0.3) is 0 Å². The van der Waals surface area contributed by atoms with Crippen LogP contribution in [0.5, 0.6) is 0 Å². The van der Waals surface area contributed by atoms with Crippen molar-refractivity contribution < 1.29 is 4.79 Å². The lowest BCUT2D eigenvalue weighted by molar-refractivity contribution is -0.118. The highest BCUT2D eigenvalue weighted by Crippen LogP contribution is 1.87. The molecule has 0 aromatic carbocycles. The first-order valence-corrected chi connectivity index (χ1v) is 4.42. The van der Waals surface area contributed by atoms with E-state index in [1.165, 1.54) is 0 Å². The molecule has 0 aromatic rings. The molecule has 0 saturated carbocycles. The van der Waals surface area contributed by atoms with Crippen molar-refractivity contribution in [1.29, 1.82) is 0 Å². The molecule has 0 aliphatic rings. The lowest BCUT2D eigenvalue weighted by Gasteiger charge is -2.16. The average molecular weight is 188 g/mol. The van der Waals surface area contributed by atoms with E-state index in [1.54, 1.807) is 0 Å². The maximum atomic E-state index is 10.6. The Hall–Kier alpha value is -0.650. The van der Waals surface area contributed by atoms with Gasteiger partial charge in [0.25, 0.3) is 0 Å². The van der Waals surface area contributed by atoms with Gasteiger partial charge in [-0.1, -0.05) is 0 Å². The van der Waals surface area contributed by atoms with Gasteiger partial charge in [0.05, 0.1) is 0 Å². The molecule has 13 heavy (non-hydrogen) atoms. The fraction of sp³-hybridized carbons (Fsp3) is 0.875. The van der Waals surface area contributed by atoms with Crippen molar-refractivity contribution in [3.05, 3.63) is 0 Å². The van der Waals surface area contributed by atoms with E-state index < -0.39 is 0 Å². The second kappa shape index (κ2) is 6.82. The van der Waals surface area contributed by atoms with Crippen molar-refractivity contribution in [3.63, 3.8) is 0 Å². The molecule has 5 nitrogen and oxygen atoms in total. The Morgan fingerprint density at radius 1 is 1.54 bits per heavy atom. The summed E-state index contributed by atoms with van der Waals surface area (Å²) in [7, 11) is 3.99. The van der Waals surface area contributed by atoms with Crippen LogP contribution >= 0.6 is 0 Å². The molecule has 1 atom stereocenters. The third kappa shape index (κ3) is 7.70. The number of nitrogens with zero attached hydrogens (tertiary/aromatic N) is 1. The summed E-state index contributed by atoms with van der Waals surface area (Å²) in [6.45, 7) is 2.19. The molecule has 5 N–H and O–H groups in total. The van der Waals surface area contributed by atoms with E-state index in [2.05, 4.69) is 10.2 Å². The van der Waals surface area contributed by atoms with E-state index >= 15 is 0 Å². The summed E-state index contributed by atoms with van der Waals surface area (Å²) in [5.74, 6) is -0.312. The quantitative estimate of drug-likeness (QED) is 0.446. The average Bonchev–Trinajstić information content (AvgIpc) is 2.01. The summed E-state index contributed by atoms with van der Waals surface area (Å²) in [6.07, 6.45) is 0.309. The minimum atomic E-state index is -0.312. The molecule has 1 unspecified atom stereocenters. The Labute approximate surface area is 79.4 Å². The van der Waals surface area contributed by atoms with E-state index in [4.69, 9.17) is 11.5 Å². The van der Waals surface area contributed by atoms with Crippen LogP contribution in [0.15, 0.2) is 0 Å². The SMILES string of the molecule is CN(C)CCNC(CN)CC(N)=O. The first-order chi connectivity index (χ1) is 6.06. The second-order valence-electron chi connectivity index (χ2n) is 3.36. The van der Waals surface area contributed by atoms with Gasteiger partial charge in [0.2, 0.25) is 5.91 Å². The Balaban J connectivity index is 3.53. The zero-order chi connectivity index (χ0) is 10.3. The molecule has 0 heterocycles. The van der Waals surface area contributed by atoms with Crippen LogP contribution < -0.4 is 16.8 Å². The molecule has 0 rings (SSSR count). The van der Waals surface area contributed by atoms with Gasteiger partial charge in [0.1, 0.15) is 0 Å². The first kappa shape index (κ1) is 12.3. The number of likely N-dealkylation sites (N-methyl/N-ethyl adjacent to an activating group) is 1. The van der Waals surface area contributed by atoms with Crippen molar-refractivity contribution in [1.82, 2.24) is 10.2 Å². The molecule has 0 spiro atoms. The van der Waals surface area contributed by atoms with Gasteiger partial charge in [-0.3, -0.25) is 4.79 Å². The van der Waals surface area contributed by atoms with Crippen LogP contribution in [0.3, 0.4) is 0 Å². The number of rotatable bonds is 7. The molecule has 0 aliphatic heterocycles.